The van der Waals surface area contributed by atoms with E-state index in [0.29, 0.717) is 23.2 Å². The van der Waals surface area contributed by atoms with Crippen LogP contribution in [-0.2, 0) is 6.54 Å². The van der Waals surface area contributed by atoms with Gasteiger partial charge in [0, 0.05) is 16.5 Å². The van der Waals surface area contributed by atoms with Gasteiger partial charge in [-0.25, -0.2) is 9.78 Å². The molecule has 2 N–H and O–H groups in total. The summed E-state index contributed by atoms with van der Waals surface area (Å²) >= 11 is 1.47. The van der Waals surface area contributed by atoms with Crippen molar-refractivity contribution in [3.05, 3.63) is 74.0 Å². The topological polar surface area (TPSA) is 88.0 Å². The van der Waals surface area contributed by atoms with E-state index in [-0.39, 0.29) is 5.91 Å². The average molecular weight is 379 g/mol. The number of H-pyrrole nitrogens is 1. The number of aromatic amines is 1. The Morgan fingerprint density at radius 3 is 2.85 bits per heavy atom. The highest BCUT2D eigenvalue weighted by Crippen LogP contribution is 2.25. The van der Waals surface area contributed by atoms with Gasteiger partial charge in [-0.2, -0.15) is 0 Å². The minimum atomic E-state index is -0.477. The fourth-order valence-electron chi connectivity index (χ4n) is 2.77. The minimum absolute atomic E-state index is 0.120. The number of aromatic nitrogens is 2. The van der Waals surface area contributed by atoms with Crippen molar-refractivity contribution in [2.45, 2.75) is 20.4 Å². The molecule has 6 nitrogen and oxygen atoms in total. The van der Waals surface area contributed by atoms with E-state index in [4.69, 9.17) is 4.42 Å². The SMILES string of the molecule is Cc1ccc(C(=O)NCc2nc(-c3ccc4[nH]c(=O)oc4c3)cs2)cc1C. The maximum atomic E-state index is 12.3. The standard InChI is InChI=1S/C20H17N3O3S/c1-11-3-4-14(7-12(11)2)19(24)21-9-18-22-16(10-27-18)13-5-6-15-17(8-13)26-20(25)23-15/h3-8,10H,9H2,1-2H3,(H,21,24)(H,23,25). The molecule has 0 spiro atoms. The molecule has 4 aromatic rings. The van der Waals surface area contributed by atoms with Crippen molar-refractivity contribution in [1.82, 2.24) is 15.3 Å². The molecule has 2 heterocycles. The molecule has 4 rings (SSSR count). The number of fused-ring (bicyclic) bond motifs is 1. The third-order valence-electron chi connectivity index (χ3n) is 4.44. The van der Waals surface area contributed by atoms with Crippen molar-refractivity contribution in [2.24, 2.45) is 0 Å². The first-order valence-electron chi connectivity index (χ1n) is 8.43. The average Bonchev–Trinajstić information content (AvgIpc) is 3.26. The molecule has 0 radical (unpaired) electrons. The van der Waals surface area contributed by atoms with Gasteiger partial charge in [-0.3, -0.25) is 9.78 Å². The molecule has 0 saturated carbocycles. The van der Waals surface area contributed by atoms with Crippen LogP contribution in [0.25, 0.3) is 22.4 Å². The number of amides is 1. The van der Waals surface area contributed by atoms with Gasteiger partial charge in [-0.05, 0) is 49.2 Å². The van der Waals surface area contributed by atoms with E-state index in [9.17, 15) is 9.59 Å². The highest BCUT2D eigenvalue weighted by molar-refractivity contribution is 7.09. The Kier molecular flexibility index (Phi) is 4.37. The van der Waals surface area contributed by atoms with Crippen LogP contribution in [0, 0.1) is 13.8 Å². The van der Waals surface area contributed by atoms with Gasteiger partial charge in [0.1, 0.15) is 5.01 Å². The maximum absolute atomic E-state index is 12.3. The molecular formula is C20H17N3O3S. The Morgan fingerprint density at radius 1 is 1.19 bits per heavy atom. The van der Waals surface area contributed by atoms with Gasteiger partial charge in [-0.1, -0.05) is 12.1 Å². The van der Waals surface area contributed by atoms with Gasteiger partial charge in [0.2, 0.25) is 0 Å². The van der Waals surface area contributed by atoms with Gasteiger partial charge in [-0.15, -0.1) is 11.3 Å². The summed E-state index contributed by atoms with van der Waals surface area (Å²) in [5.41, 5.74) is 5.67. The molecule has 0 saturated heterocycles. The van der Waals surface area contributed by atoms with E-state index in [1.807, 2.05) is 43.5 Å². The quantitative estimate of drug-likeness (QED) is 0.565. The van der Waals surface area contributed by atoms with Crippen molar-refractivity contribution in [3.63, 3.8) is 0 Å². The normalized spacial score (nSPS) is 11.0. The van der Waals surface area contributed by atoms with Crippen LogP contribution in [-0.4, -0.2) is 15.9 Å². The monoisotopic (exact) mass is 379 g/mol. The van der Waals surface area contributed by atoms with Crippen molar-refractivity contribution in [3.8, 4) is 11.3 Å². The predicted molar refractivity (Wildman–Crippen MR) is 105 cm³/mol. The number of oxazole rings is 1. The number of nitrogens with zero attached hydrogens (tertiary/aromatic N) is 1. The van der Waals surface area contributed by atoms with Crippen LogP contribution in [0.4, 0.5) is 0 Å². The lowest BCUT2D eigenvalue weighted by atomic mass is 10.1. The van der Waals surface area contributed by atoms with Crippen LogP contribution >= 0.6 is 11.3 Å². The zero-order valence-electron chi connectivity index (χ0n) is 14.8. The van der Waals surface area contributed by atoms with Crippen LogP contribution in [0.15, 0.2) is 51.0 Å². The molecule has 136 valence electrons. The maximum Gasteiger partial charge on any atom is 0.417 e. The van der Waals surface area contributed by atoms with E-state index in [2.05, 4.69) is 15.3 Å². The third-order valence-corrected chi connectivity index (χ3v) is 5.29. The van der Waals surface area contributed by atoms with Crippen LogP contribution < -0.4 is 11.1 Å². The highest BCUT2D eigenvalue weighted by atomic mass is 32.1. The molecule has 0 fully saturated rings. The summed E-state index contributed by atoms with van der Waals surface area (Å²) in [7, 11) is 0. The number of hydrogen-bond donors (Lipinski definition) is 2. The Hall–Kier alpha value is -3.19. The van der Waals surface area contributed by atoms with Gasteiger partial charge < -0.3 is 9.73 Å². The number of hydrogen-bond acceptors (Lipinski definition) is 5. The van der Waals surface area contributed by atoms with E-state index in [1.54, 1.807) is 12.1 Å². The summed E-state index contributed by atoms with van der Waals surface area (Å²) in [5.74, 6) is -0.597. The lowest BCUT2D eigenvalue weighted by molar-refractivity contribution is 0.0951. The van der Waals surface area contributed by atoms with E-state index >= 15 is 0 Å². The molecule has 27 heavy (non-hydrogen) atoms. The first kappa shape index (κ1) is 17.2. The molecule has 2 aromatic heterocycles. The number of aryl methyl sites for hydroxylation is 2. The van der Waals surface area contributed by atoms with Crippen LogP contribution in [0.3, 0.4) is 0 Å². The minimum Gasteiger partial charge on any atom is -0.408 e. The first-order valence-corrected chi connectivity index (χ1v) is 9.31. The Bertz CT molecular complexity index is 1200. The van der Waals surface area contributed by atoms with Crippen molar-refractivity contribution in [2.75, 3.05) is 0 Å². The number of carbonyl (C=O) groups excluding carboxylic acids is 1. The molecule has 0 aliphatic rings. The molecule has 0 bridgehead atoms. The van der Waals surface area contributed by atoms with Crippen LogP contribution in [0.1, 0.15) is 26.5 Å². The predicted octanol–water partition coefficient (Wildman–Crippen LogP) is 3.79. The Labute approximate surface area is 158 Å². The summed E-state index contributed by atoms with van der Waals surface area (Å²) < 4.78 is 5.09. The van der Waals surface area contributed by atoms with Crippen LogP contribution in [0.5, 0.6) is 0 Å². The second-order valence-corrected chi connectivity index (χ2v) is 7.28. The summed E-state index contributed by atoms with van der Waals surface area (Å²) in [4.78, 5) is 30.8. The number of rotatable bonds is 4. The van der Waals surface area contributed by atoms with Crippen molar-refractivity contribution < 1.29 is 9.21 Å². The smallest absolute Gasteiger partial charge is 0.408 e. The van der Waals surface area contributed by atoms with Crippen molar-refractivity contribution >= 4 is 28.3 Å². The van der Waals surface area contributed by atoms with Gasteiger partial charge in [0.05, 0.1) is 17.8 Å². The second-order valence-electron chi connectivity index (χ2n) is 6.33. The molecule has 2 aromatic carbocycles. The molecule has 0 aliphatic heterocycles. The molecule has 0 unspecified atom stereocenters. The Balaban J connectivity index is 1.47. The molecule has 1 amide bonds. The van der Waals surface area contributed by atoms with Gasteiger partial charge >= 0.3 is 5.76 Å². The highest BCUT2D eigenvalue weighted by Gasteiger charge is 2.10. The third kappa shape index (κ3) is 3.54. The fourth-order valence-corrected chi connectivity index (χ4v) is 3.51. The van der Waals surface area contributed by atoms with E-state index in [0.717, 1.165) is 27.4 Å². The van der Waals surface area contributed by atoms with Gasteiger partial charge in [0.15, 0.2) is 5.58 Å². The first-order chi connectivity index (χ1) is 13.0. The molecular weight excluding hydrogens is 362 g/mol. The van der Waals surface area contributed by atoms with E-state index < -0.39 is 5.76 Å². The largest absolute Gasteiger partial charge is 0.417 e. The number of nitrogens with one attached hydrogen (secondary N) is 2. The lowest BCUT2D eigenvalue weighted by Crippen LogP contribution is -2.22. The summed E-state index contributed by atoms with van der Waals surface area (Å²) in [5, 5.41) is 5.63. The summed E-state index contributed by atoms with van der Waals surface area (Å²) in [6, 6.07) is 11.1. The zero-order valence-corrected chi connectivity index (χ0v) is 15.6. The van der Waals surface area contributed by atoms with Crippen LogP contribution in [0.2, 0.25) is 0 Å². The van der Waals surface area contributed by atoms with Gasteiger partial charge in [0.25, 0.3) is 5.91 Å². The number of carbonyl (C=O) groups is 1. The number of benzene rings is 2. The summed E-state index contributed by atoms with van der Waals surface area (Å²) in [6.07, 6.45) is 0. The Morgan fingerprint density at radius 2 is 2.04 bits per heavy atom. The molecule has 0 atom stereocenters. The number of thiazole rings is 1. The lowest BCUT2D eigenvalue weighted by Gasteiger charge is -2.06. The fraction of sp³-hybridized carbons (Fsp3) is 0.150. The molecule has 0 aliphatic carbocycles. The van der Waals surface area contributed by atoms with Crippen molar-refractivity contribution in [1.29, 1.82) is 0 Å². The summed E-state index contributed by atoms with van der Waals surface area (Å²) in [6.45, 7) is 4.37. The second kappa shape index (κ2) is 6.85. The molecule has 7 heteroatoms. The zero-order chi connectivity index (χ0) is 19.0. The van der Waals surface area contributed by atoms with E-state index in [1.165, 1.54) is 11.3 Å².